The third-order valence-corrected chi connectivity index (χ3v) is 5.22. The van der Waals surface area contributed by atoms with Crippen molar-refractivity contribution in [2.45, 2.75) is 42.4 Å². The van der Waals surface area contributed by atoms with Crippen molar-refractivity contribution in [2.24, 2.45) is 0 Å². The predicted molar refractivity (Wildman–Crippen MR) is 90.9 cm³/mol. The molecule has 0 saturated carbocycles. The second-order valence-electron chi connectivity index (χ2n) is 5.76. The van der Waals surface area contributed by atoms with Crippen LogP contribution in [0.2, 0.25) is 0 Å². The number of amides is 1. The van der Waals surface area contributed by atoms with E-state index in [2.05, 4.69) is 15.5 Å². The molecule has 5 nitrogen and oxygen atoms in total. The number of benzene rings is 1. The SMILES string of the molecule is COc1ccc(S[C@H](C)C(=O)N[C@@H]2CCc3[nH]ncc3C2)cc1. The maximum Gasteiger partial charge on any atom is 0.233 e. The number of nitrogens with one attached hydrogen (secondary N) is 2. The number of aryl methyl sites for hydroxylation is 1. The fourth-order valence-corrected chi connectivity index (χ4v) is 3.65. The lowest BCUT2D eigenvalue weighted by Crippen LogP contribution is -2.42. The maximum atomic E-state index is 12.4. The molecule has 0 aliphatic heterocycles. The first kappa shape index (κ1) is 15.9. The zero-order valence-corrected chi connectivity index (χ0v) is 14.2. The van der Waals surface area contributed by atoms with Crippen LogP contribution in [0.4, 0.5) is 0 Å². The van der Waals surface area contributed by atoms with Gasteiger partial charge in [0, 0.05) is 16.6 Å². The van der Waals surface area contributed by atoms with Crippen LogP contribution >= 0.6 is 11.8 Å². The number of thioether (sulfide) groups is 1. The molecule has 1 heterocycles. The van der Waals surface area contributed by atoms with E-state index in [1.54, 1.807) is 18.9 Å². The van der Waals surface area contributed by atoms with E-state index in [9.17, 15) is 4.79 Å². The third-order valence-electron chi connectivity index (χ3n) is 4.10. The summed E-state index contributed by atoms with van der Waals surface area (Å²) in [5.74, 6) is 0.910. The molecule has 0 saturated heterocycles. The van der Waals surface area contributed by atoms with Crippen LogP contribution in [0.15, 0.2) is 35.4 Å². The molecule has 0 spiro atoms. The monoisotopic (exact) mass is 331 g/mol. The number of aromatic amines is 1. The number of ether oxygens (including phenoxy) is 1. The second kappa shape index (κ2) is 7.08. The molecule has 1 amide bonds. The molecule has 0 unspecified atom stereocenters. The van der Waals surface area contributed by atoms with Crippen LogP contribution in [0, 0.1) is 0 Å². The number of aromatic nitrogens is 2. The van der Waals surface area contributed by atoms with Gasteiger partial charge in [-0.2, -0.15) is 5.10 Å². The standard InChI is InChI=1S/C17H21N3O2S/c1-11(23-15-6-4-14(22-2)5-7-15)17(21)19-13-3-8-16-12(9-13)10-18-20-16/h4-7,10-11,13H,3,8-9H2,1-2H3,(H,18,20)(H,19,21)/t11-,13-/m1/s1. The average Bonchev–Trinajstić information content (AvgIpc) is 3.03. The number of rotatable bonds is 5. The fraction of sp³-hybridized carbons (Fsp3) is 0.412. The molecule has 3 rings (SSSR count). The van der Waals surface area contributed by atoms with Crippen LogP contribution in [-0.4, -0.2) is 34.5 Å². The lowest BCUT2D eigenvalue weighted by atomic mass is 9.93. The van der Waals surface area contributed by atoms with E-state index in [0.717, 1.165) is 29.9 Å². The number of hydrogen-bond acceptors (Lipinski definition) is 4. The van der Waals surface area contributed by atoms with Crippen LogP contribution in [-0.2, 0) is 17.6 Å². The van der Waals surface area contributed by atoms with Crippen molar-refractivity contribution < 1.29 is 9.53 Å². The Balaban J connectivity index is 1.53. The fourth-order valence-electron chi connectivity index (χ4n) is 2.77. The molecule has 0 bridgehead atoms. The Morgan fingerprint density at radius 1 is 1.43 bits per heavy atom. The van der Waals surface area contributed by atoms with Crippen LogP contribution in [0.3, 0.4) is 0 Å². The Morgan fingerprint density at radius 3 is 2.96 bits per heavy atom. The minimum atomic E-state index is -0.130. The van der Waals surface area contributed by atoms with E-state index in [4.69, 9.17) is 4.74 Å². The maximum absolute atomic E-state index is 12.4. The molecule has 2 aromatic rings. The number of carbonyl (C=O) groups is 1. The first-order valence-corrected chi connectivity index (χ1v) is 8.66. The van der Waals surface area contributed by atoms with E-state index in [0.29, 0.717) is 0 Å². The van der Waals surface area contributed by atoms with Crippen LogP contribution in [0.25, 0.3) is 0 Å². The number of fused-ring (bicyclic) bond motifs is 1. The van der Waals surface area contributed by atoms with Gasteiger partial charge in [0.1, 0.15) is 5.75 Å². The molecule has 6 heteroatoms. The summed E-state index contributed by atoms with van der Waals surface area (Å²) in [7, 11) is 1.65. The molecule has 23 heavy (non-hydrogen) atoms. The summed E-state index contributed by atoms with van der Waals surface area (Å²) in [6.07, 6.45) is 4.63. The molecular formula is C17H21N3O2S. The highest BCUT2D eigenvalue weighted by Gasteiger charge is 2.23. The van der Waals surface area contributed by atoms with E-state index in [1.165, 1.54) is 11.3 Å². The number of H-pyrrole nitrogens is 1. The van der Waals surface area contributed by atoms with Gasteiger partial charge < -0.3 is 10.1 Å². The number of carbonyl (C=O) groups excluding carboxylic acids is 1. The number of nitrogens with zero attached hydrogens (tertiary/aromatic N) is 1. The van der Waals surface area contributed by atoms with Gasteiger partial charge in [0.2, 0.25) is 5.91 Å². The number of hydrogen-bond donors (Lipinski definition) is 2. The highest BCUT2D eigenvalue weighted by molar-refractivity contribution is 8.00. The molecule has 1 aromatic carbocycles. The second-order valence-corrected chi connectivity index (χ2v) is 7.17. The van der Waals surface area contributed by atoms with Crippen LogP contribution in [0.5, 0.6) is 5.75 Å². The van der Waals surface area contributed by atoms with Crippen molar-refractivity contribution in [1.82, 2.24) is 15.5 Å². The summed E-state index contributed by atoms with van der Waals surface area (Å²) in [6, 6.07) is 7.98. The molecule has 2 atom stereocenters. The summed E-state index contributed by atoms with van der Waals surface area (Å²) in [5.41, 5.74) is 2.42. The van der Waals surface area contributed by atoms with E-state index in [-0.39, 0.29) is 17.2 Å². The average molecular weight is 331 g/mol. The summed E-state index contributed by atoms with van der Waals surface area (Å²) in [4.78, 5) is 13.5. The normalized spacial score (nSPS) is 18.1. The van der Waals surface area contributed by atoms with Gasteiger partial charge in [-0.15, -0.1) is 11.8 Å². The van der Waals surface area contributed by atoms with Gasteiger partial charge in [-0.1, -0.05) is 0 Å². The van der Waals surface area contributed by atoms with Gasteiger partial charge in [0.15, 0.2) is 0 Å². The Labute approximate surface area is 140 Å². The van der Waals surface area contributed by atoms with Crippen molar-refractivity contribution in [1.29, 1.82) is 0 Å². The van der Waals surface area contributed by atoms with Gasteiger partial charge in [-0.25, -0.2) is 0 Å². The van der Waals surface area contributed by atoms with Gasteiger partial charge in [-0.3, -0.25) is 9.89 Å². The minimum Gasteiger partial charge on any atom is -0.497 e. The zero-order chi connectivity index (χ0) is 16.2. The highest BCUT2D eigenvalue weighted by Crippen LogP contribution is 2.26. The van der Waals surface area contributed by atoms with E-state index < -0.39 is 0 Å². The Morgan fingerprint density at radius 2 is 2.22 bits per heavy atom. The first-order chi connectivity index (χ1) is 11.2. The van der Waals surface area contributed by atoms with Gasteiger partial charge in [0.25, 0.3) is 0 Å². The largest absolute Gasteiger partial charge is 0.497 e. The third kappa shape index (κ3) is 3.88. The molecular weight excluding hydrogens is 310 g/mol. The summed E-state index contributed by atoms with van der Waals surface area (Å²) >= 11 is 1.56. The smallest absolute Gasteiger partial charge is 0.233 e. The summed E-state index contributed by atoms with van der Waals surface area (Å²) < 4.78 is 5.15. The van der Waals surface area contributed by atoms with Gasteiger partial charge in [0.05, 0.1) is 18.6 Å². The lowest BCUT2D eigenvalue weighted by Gasteiger charge is -2.24. The Bertz CT molecular complexity index is 669. The highest BCUT2D eigenvalue weighted by atomic mass is 32.2. The molecule has 122 valence electrons. The first-order valence-electron chi connectivity index (χ1n) is 7.78. The molecule has 0 radical (unpaired) electrons. The quantitative estimate of drug-likeness (QED) is 0.827. The molecule has 1 aliphatic rings. The van der Waals surface area contributed by atoms with Crippen molar-refractivity contribution in [2.75, 3.05) is 7.11 Å². The van der Waals surface area contributed by atoms with Gasteiger partial charge >= 0.3 is 0 Å². The van der Waals surface area contributed by atoms with E-state index >= 15 is 0 Å². The summed E-state index contributed by atoms with van der Waals surface area (Å²) in [6.45, 7) is 1.94. The molecule has 1 aliphatic carbocycles. The minimum absolute atomic E-state index is 0.0859. The Kier molecular flexibility index (Phi) is 4.91. The van der Waals surface area contributed by atoms with Crippen LogP contribution < -0.4 is 10.1 Å². The summed E-state index contributed by atoms with van der Waals surface area (Å²) in [5, 5.41) is 10.1. The molecule has 0 fully saturated rings. The zero-order valence-electron chi connectivity index (χ0n) is 13.3. The molecule has 1 aromatic heterocycles. The number of methoxy groups -OCH3 is 1. The van der Waals surface area contributed by atoms with Crippen molar-refractivity contribution in [3.05, 3.63) is 41.7 Å². The Hall–Kier alpha value is -1.95. The van der Waals surface area contributed by atoms with Crippen molar-refractivity contribution in [3.63, 3.8) is 0 Å². The predicted octanol–water partition coefficient (Wildman–Crippen LogP) is 2.57. The van der Waals surface area contributed by atoms with Crippen molar-refractivity contribution >= 4 is 17.7 Å². The topological polar surface area (TPSA) is 67.0 Å². The van der Waals surface area contributed by atoms with Gasteiger partial charge in [-0.05, 0) is 56.0 Å². The molecule has 2 N–H and O–H groups in total. The van der Waals surface area contributed by atoms with Crippen molar-refractivity contribution in [3.8, 4) is 5.75 Å². The van der Waals surface area contributed by atoms with E-state index in [1.807, 2.05) is 37.4 Å². The lowest BCUT2D eigenvalue weighted by molar-refractivity contribution is -0.121. The van der Waals surface area contributed by atoms with Crippen LogP contribution in [0.1, 0.15) is 24.6 Å².